The summed E-state index contributed by atoms with van der Waals surface area (Å²) in [6.07, 6.45) is 5.66. The van der Waals surface area contributed by atoms with Crippen molar-refractivity contribution in [2.45, 2.75) is 51.4 Å². The molecule has 0 amide bonds. The first kappa shape index (κ1) is 13.2. The van der Waals surface area contributed by atoms with E-state index in [1.807, 2.05) is 0 Å². The van der Waals surface area contributed by atoms with Gasteiger partial charge in [0.15, 0.2) is 0 Å². The second kappa shape index (κ2) is 4.25. The van der Waals surface area contributed by atoms with Crippen LogP contribution in [-0.4, -0.2) is 16.0 Å². The molecule has 2 saturated carbocycles. The number of aromatic hydroxyl groups is 2. The molecule has 4 atom stereocenters. The molecular weight excluding hydrogens is 264 g/mol. The monoisotopic (exact) mass is 286 g/mol. The quantitative estimate of drug-likeness (QED) is 0.767. The smallest absolute Gasteiger partial charge is 0.139 e. The maximum absolute atomic E-state index is 12.3. The lowest BCUT2D eigenvalue weighted by Gasteiger charge is -2.48. The van der Waals surface area contributed by atoms with Gasteiger partial charge in [0.25, 0.3) is 0 Å². The van der Waals surface area contributed by atoms with Crippen molar-refractivity contribution in [1.82, 2.24) is 0 Å². The molecule has 2 fully saturated rings. The predicted molar refractivity (Wildman–Crippen MR) is 79.4 cm³/mol. The Morgan fingerprint density at radius 2 is 1.95 bits per heavy atom. The molecule has 3 nitrogen and oxygen atoms in total. The summed E-state index contributed by atoms with van der Waals surface area (Å²) in [4.78, 5) is 12.3. The number of phenols is 2. The van der Waals surface area contributed by atoms with E-state index in [9.17, 15) is 15.0 Å². The predicted octanol–water partition coefficient (Wildman–Crippen LogP) is 3.52. The van der Waals surface area contributed by atoms with Crippen LogP contribution in [0.2, 0.25) is 0 Å². The first-order valence-electron chi connectivity index (χ1n) is 8.09. The van der Waals surface area contributed by atoms with Gasteiger partial charge in [-0.1, -0.05) is 6.92 Å². The highest BCUT2D eigenvalue weighted by molar-refractivity contribution is 5.87. The largest absolute Gasteiger partial charge is 0.508 e. The fraction of sp³-hybridized carbons (Fsp3) is 0.611. The maximum Gasteiger partial charge on any atom is 0.139 e. The Balaban J connectivity index is 1.77. The number of carbonyl (C=O) groups excluding carboxylic acids is 1. The van der Waals surface area contributed by atoms with Gasteiger partial charge in [-0.15, -0.1) is 0 Å². The van der Waals surface area contributed by atoms with Crippen LogP contribution in [0.1, 0.15) is 56.1 Å². The maximum atomic E-state index is 12.3. The van der Waals surface area contributed by atoms with Crippen LogP contribution in [0.3, 0.4) is 0 Å². The molecule has 21 heavy (non-hydrogen) atoms. The second-order valence-corrected chi connectivity index (χ2v) is 7.37. The fourth-order valence-corrected chi connectivity index (χ4v) is 5.46. The second-order valence-electron chi connectivity index (χ2n) is 7.37. The van der Waals surface area contributed by atoms with Crippen molar-refractivity contribution in [2.75, 3.05) is 0 Å². The highest BCUT2D eigenvalue weighted by atomic mass is 16.3. The molecule has 112 valence electrons. The van der Waals surface area contributed by atoms with Gasteiger partial charge in [0.1, 0.15) is 17.3 Å². The zero-order valence-electron chi connectivity index (χ0n) is 12.4. The van der Waals surface area contributed by atoms with Crippen molar-refractivity contribution in [2.24, 2.45) is 17.3 Å². The summed E-state index contributed by atoms with van der Waals surface area (Å²) in [5.74, 6) is 2.20. The Morgan fingerprint density at radius 3 is 2.76 bits per heavy atom. The number of Topliss-reactive ketones (excluding diaryl/α,β-unsaturated/α-hetero) is 1. The van der Waals surface area contributed by atoms with Crippen LogP contribution in [-0.2, 0) is 11.2 Å². The molecule has 1 aromatic carbocycles. The third-order valence-corrected chi connectivity index (χ3v) is 6.49. The summed E-state index contributed by atoms with van der Waals surface area (Å²) < 4.78 is 0. The number of hydrogen-bond acceptors (Lipinski definition) is 3. The summed E-state index contributed by atoms with van der Waals surface area (Å²) >= 11 is 0. The van der Waals surface area contributed by atoms with Gasteiger partial charge >= 0.3 is 0 Å². The number of fused-ring (bicyclic) bond motifs is 5. The van der Waals surface area contributed by atoms with Gasteiger partial charge in [0, 0.05) is 23.5 Å². The average molecular weight is 286 g/mol. The minimum absolute atomic E-state index is 0.120. The molecule has 4 rings (SSSR count). The molecular formula is C18H22O3. The summed E-state index contributed by atoms with van der Waals surface area (Å²) in [6.45, 7) is 2.16. The van der Waals surface area contributed by atoms with E-state index in [1.54, 1.807) is 6.07 Å². The number of hydrogen-bond donors (Lipinski definition) is 2. The lowest BCUT2D eigenvalue weighted by atomic mass is 9.55. The summed E-state index contributed by atoms with van der Waals surface area (Å²) in [5.41, 5.74) is 2.03. The molecule has 0 saturated heterocycles. The van der Waals surface area contributed by atoms with Crippen LogP contribution in [0.15, 0.2) is 12.1 Å². The minimum Gasteiger partial charge on any atom is -0.508 e. The topological polar surface area (TPSA) is 57.5 Å². The number of aryl methyl sites for hydroxylation is 1. The average Bonchev–Trinajstić information content (AvgIpc) is 2.74. The molecule has 0 bridgehead atoms. The van der Waals surface area contributed by atoms with E-state index in [4.69, 9.17) is 0 Å². The van der Waals surface area contributed by atoms with Crippen molar-refractivity contribution in [1.29, 1.82) is 0 Å². The van der Waals surface area contributed by atoms with Crippen LogP contribution < -0.4 is 0 Å². The Kier molecular flexibility index (Phi) is 2.66. The third kappa shape index (κ3) is 1.69. The van der Waals surface area contributed by atoms with Crippen molar-refractivity contribution in [3.05, 3.63) is 23.3 Å². The molecule has 3 aliphatic rings. The molecule has 0 unspecified atom stereocenters. The van der Waals surface area contributed by atoms with Gasteiger partial charge in [-0.25, -0.2) is 0 Å². The van der Waals surface area contributed by atoms with Gasteiger partial charge in [0.2, 0.25) is 0 Å². The van der Waals surface area contributed by atoms with Crippen molar-refractivity contribution < 1.29 is 15.0 Å². The van der Waals surface area contributed by atoms with Crippen molar-refractivity contribution in [3.63, 3.8) is 0 Å². The zero-order valence-corrected chi connectivity index (χ0v) is 12.4. The Labute approximate surface area is 125 Å². The first-order valence-corrected chi connectivity index (χ1v) is 8.09. The lowest BCUT2D eigenvalue weighted by Crippen LogP contribution is -2.42. The van der Waals surface area contributed by atoms with Crippen LogP contribution in [0.4, 0.5) is 0 Å². The van der Waals surface area contributed by atoms with E-state index >= 15 is 0 Å². The van der Waals surface area contributed by atoms with Gasteiger partial charge in [-0.2, -0.15) is 0 Å². The zero-order chi connectivity index (χ0) is 14.8. The van der Waals surface area contributed by atoms with E-state index in [0.29, 0.717) is 23.5 Å². The highest BCUT2D eigenvalue weighted by Crippen LogP contribution is 2.60. The van der Waals surface area contributed by atoms with Crippen molar-refractivity contribution >= 4 is 5.78 Å². The molecule has 3 aliphatic carbocycles. The molecule has 0 aromatic heterocycles. The number of carbonyl (C=O) groups is 1. The van der Waals surface area contributed by atoms with Crippen LogP contribution in [0.5, 0.6) is 11.5 Å². The van der Waals surface area contributed by atoms with Gasteiger partial charge in [-0.05, 0) is 61.5 Å². The van der Waals surface area contributed by atoms with E-state index in [1.165, 1.54) is 6.07 Å². The molecule has 0 aliphatic heterocycles. The number of phenolic OH excluding ortho intramolecular Hbond substituents is 2. The molecule has 3 heteroatoms. The Morgan fingerprint density at radius 1 is 1.14 bits per heavy atom. The standard InChI is InChI=1S/C18H22O3/c1-18-7-6-13-12(14(18)4-5-16(18)21)3-2-10-8-11(19)9-15(20)17(10)13/h8-9,12-14,19-20H,2-7H2,1H3/t12-,13+,14+,18+/m1/s1. The molecule has 1 aromatic rings. The Hall–Kier alpha value is -1.51. The molecule has 0 spiro atoms. The van der Waals surface area contributed by atoms with Gasteiger partial charge in [-0.3, -0.25) is 4.79 Å². The normalized spacial score (nSPS) is 37.8. The number of ketones is 1. The van der Waals surface area contributed by atoms with Gasteiger partial charge < -0.3 is 10.2 Å². The lowest BCUT2D eigenvalue weighted by molar-refractivity contribution is -0.129. The van der Waals surface area contributed by atoms with Crippen LogP contribution >= 0.6 is 0 Å². The SMILES string of the molecule is C[C@]12CC[C@@H]3c4c(O)cc(O)cc4CC[C@H]3[C@@H]1CCC2=O. The summed E-state index contributed by atoms with van der Waals surface area (Å²) in [7, 11) is 0. The van der Waals surface area contributed by atoms with E-state index < -0.39 is 0 Å². The van der Waals surface area contributed by atoms with Crippen LogP contribution in [0, 0.1) is 17.3 Å². The summed E-state index contributed by atoms with van der Waals surface area (Å²) in [5, 5.41) is 20.0. The third-order valence-electron chi connectivity index (χ3n) is 6.49. The Bertz CT molecular complexity index is 621. The number of rotatable bonds is 0. The van der Waals surface area contributed by atoms with E-state index in [0.717, 1.165) is 49.7 Å². The first-order chi connectivity index (χ1) is 10.0. The fourth-order valence-electron chi connectivity index (χ4n) is 5.46. The van der Waals surface area contributed by atoms with E-state index in [-0.39, 0.29) is 16.9 Å². The van der Waals surface area contributed by atoms with Gasteiger partial charge in [0.05, 0.1) is 0 Å². The van der Waals surface area contributed by atoms with E-state index in [2.05, 4.69) is 6.92 Å². The molecule has 0 radical (unpaired) electrons. The molecule has 0 heterocycles. The minimum atomic E-state index is -0.120. The summed E-state index contributed by atoms with van der Waals surface area (Å²) in [6, 6.07) is 3.27. The van der Waals surface area contributed by atoms with Crippen LogP contribution in [0.25, 0.3) is 0 Å². The number of benzene rings is 1. The highest BCUT2D eigenvalue weighted by Gasteiger charge is 2.54. The van der Waals surface area contributed by atoms with Crippen molar-refractivity contribution in [3.8, 4) is 11.5 Å². The molecule has 2 N–H and O–H groups in total.